The van der Waals surface area contributed by atoms with Gasteiger partial charge in [0.25, 0.3) is 0 Å². The minimum Gasteiger partial charge on any atom is -0.484 e. The third-order valence-electron chi connectivity index (χ3n) is 1.95. The lowest BCUT2D eigenvalue weighted by molar-refractivity contribution is 0.313. The van der Waals surface area contributed by atoms with Crippen molar-refractivity contribution in [3.8, 4) is 5.06 Å². The second kappa shape index (κ2) is 6.03. The second-order valence-electron chi connectivity index (χ2n) is 3.35. The van der Waals surface area contributed by atoms with Crippen molar-refractivity contribution in [3.63, 3.8) is 0 Å². The number of thiophene rings is 1. The van der Waals surface area contributed by atoms with Gasteiger partial charge in [-0.1, -0.05) is 26.2 Å². The molecule has 0 saturated heterocycles. The van der Waals surface area contributed by atoms with Crippen LogP contribution in [0, 0.1) is 6.92 Å². The highest BCUT2D eigenvalue weighted by Gasteiger charge is 1.96. The highest BCUT2D eigenvalue weighted by molar-refractivity contribution is 7.11. The van der Waals surface area contributed by atoms with Gasteiger partial charge in [-0.3, -0.25) is 0 Å². The molecule has 0 unspecified atom stereocenters. The highest BCUT2D eigenvalue weighted by Crippen LogP contribution is 2.22. The van der Waals surface area contributed by atoms with E-state index in [9.17, 15) is 0 Å². The fourth-order valence-electron chi connectivity index (χ4n) is 1.18. The molecule has 1 nitrogen and oxygen atoms in total. The molecule has 0 saturated carbocycles. The van der Waals surface area contributed by atoms with Gasteiger partial charge < -0.3 is 4.74 Å². The van der Waals surface area contributed by atoms with Crippen LogP contribution in [-0.2, 0) is 0 Å². The van der Waals surface area contributed by atoms with Crippen LogP contribution in [0.25, 0.3) is 0 Å². The molecule has 1 heterocycles. The zero-order valence-electron chi connectivity index (χ0n) is 8.51. The van der Waals surface area contributed by atoms with Gasteiger partial charge in [0.1, 0.15) is 0 Å². The highest BCUT2D eigenvalue weighted by atomic mass is 32.1. The summed E-state index contributed by atoms with van der Waals surface area (Å²) in [5.41, 5.74) is 1.30. The molecule has 0 fully saturated rings. The first kappa shape index (κ1) is 10.6. The van der Waals surface area contributed by atoms with Crippen LogP contribution < -0.4 is 4.74 Å². The second-order valence-corrected chi connectivity index (χ2v) is 4.23. The van der Waals surface area contributed by atoms with Crippen LogP contribution in [-0.4, -0.2) is 6.61 Å². The Bertz CT molecular complexity index is 230. The number of aryl methyl sites for hydroxylation is 1. The number of rotatable bonds is 6. The Morgan fingerprint density at radius 3 is 2.77 bits per heavy atom. The van der Waals surface area contributed by atoms with Crippen LogP contribution in [0.1, 0.15) is 38.2 Å². The molecule has 2 heteroatoms. The van der Waals surface area contributed by atoms with Crippen LogP contribution in [0.3, 0.4) is 0 Å². The van der Waals surface area contributed by atoms with E-state index in [2.05, 4.69) is 25.3 Å². The molecule has 0 atom stereocenters. The summed E-state index contributed by atoms with van der Waals surface area (Å²) in [5, 5.41) is 3.19. The van der Waals surface area contributed by atoms with E-state index in [0.29, 0.717) is 0 Å². The lowest BCUT2D eigenvalue weighted by Gasteiger charge is -2.01. The predicted molar refractivity (Wildman–Crippen MR) is 58.7 cm³/mol. The first-order valence-corrected chi connectivity index (χ1v) is 5.89. The molecule has 13 heavy (non-hydrogen) atoms. The smallest absolute Gasteiger partial charge is 0.173 e. The van der Waals surface area contributed by atoms with Gasteiger partial charge in [0, 0.05) is 0 Å². The third kappa shape index (κ3) is 4.32. The van der Waals surface area contributed by atoms with E-state index in [0.717, 1.165) is 11.7 Å². The molecule has 0 amide bonds. The van der Waals surface area contributed by atoms with Crippen molar-refractivity contribution >= 4 is 11.3 Å². The van der Waals surface area contributed by atoms with Crippen molar-refractivity contribution in [1.29, 1.82) is 0 Å². The Kier molecular flexibility index (Phi) is 4.91. The average Bonchev–Trinajstić information content (AvgIpc) is 2.51. The summed E-state index contributed by atoms with van der Waals surface area (Å²) >= 11 is 1.69. The summed E-state index contributed by atoms with van der Waals surface area (Å²) in [6.07, 6.45) is 5.09. The van der Waals surface area contributed by atoms with E-state index in [4.69, 9.17) is 4.74 Å². The van der Waals surface area contributed by atoms with Gasteiger partial charge in [0.15, 0.2) is 5.06 Å². The van der Waals surface area contributed by atoms with Crippen molar-refractivity contribution < 1.29 is 4.74 Å². The standard InChI is InChI=1S/C11H18OS/c1-3-4-5-6-7-12-11-8-10(2)9-13-11/h8-9H,3-7H2,1-2H3. The summed E-state index contributed by atoms with van der Waals surface area (Å²) in [5.74, 6) is 0. The first-order chi connectivity index (χ1) is 6.33. The Balaban J connectivity index is 2.06. The molecule has 0 aromatic carbocycles. The van der Waals surface area contributed by atoms with Crippen LogP contribution in [0.2, 0.25) is 0 Å². The zero-order valence-corrected chi connectivity index (χ0v) is 9.32. The number of hydrogen-bond donors (Lipinski definition) is 0. The van der Waals surface area contributed by atoms with Gasteiger partial charge >= 0.3 is 0 Å². The number of ether oxygens (including phenoxy) is 1. The monoisotopic (exact) mass is 198 g/mol. The topological polar surface area (TPSA) is 9.23 Å². The number of unbranched alkanes of at least 4 members (excludes halogenated alkanes) is 3. The van der Waals surface area contributed by atoms with E-state index in [1.54, 1.807) is 11.3 Å². The van der Waals surface area contributed by atoms with Crippen LogP contribution >= 0.6 is 11.3 Å². The molecule has 0 spiro atoms. The fourth-order valence-corrected chi connectivity index (χ4v) is 1.96. The quantitative estimate of drug-likeness (QED) is 0.627. The Morgan fingerprint density at radius 2 is 2.15 bits per heavy atom. The maximum atomic E-state index is 5.59. The lowest BCUT2D eigenvalue weighted by atomic mass is 10.2. The van der Waals surface area contributed by atoms with E-state index >= 15 is 0 Å². The third-order valence-corrected chi connectivity index (χ3v) is 2.91. The number of hydrogen-bond acceptors (Lipinski definition) is 2. The summed E-state index contributed by atoms with van der Waals surface area (Å²) < 4.78 is 5.59. The van der Waals surface area contributed by atoms with Gasteiger partial charge in [-0.25, -0.2) is 0 Å². The fraction of sp³-hybridized carbons (Fsp3) is 0.636. The first-order valence-electron chi connectivity index (χ1n) is 5.01. The molecule has 0 N–H and O–H groups in total. The van der Waals surface area contributed by atoms with Crippen LogP contribution in [0.4, 0.5) is 0 Å². The van der Waals surface area contributed by atoms with Gasteiger partial charge in [0.05, 0.1) is 6.61 Å². The molecule has 1 aromatic heterocycles. The Hall–Kier alpha value is -0.500. The van der Waals surface area contributed by atoms with Gasteiger partial charge in [-0.2, -0.15) is 0 Å². The predicted octanol–water partition coefficient (Wildman–Crippen LogP) is 4.02. The van der Waals surface area contributed by atoms with E-state index in [-0.39, 0.29) is 0 Å². The van der Waals surface area contributed by atoms with Crippen molar-refractivity contribution in [1.82, 2.24) is 0 Å². The average molecular weight is 198 g/mol. The maximum absolute atomic E-state index is 5.59. The lowest BCUT2D eigenvalue weighted by Crippen LogP contribution is -1.95. The maximum Gasteiger partial charge on any atom is 0.173 e. The van der Waals surface area contributed by atoms with Gasteiger partial charge in [-0.05, 0) is 30.4 Å². The van der Waals surface area contributed by atoms with E-state index in [1.807, 2.05) is 0 Å². The van der Waals surface area contributed by atoms with E-state index < -0.39 is 0 Å². The Labute approximate surface area is 84.7 Å². The molecule has 74 valence electrons. The minimum absolute atomic E-state index is 0.875. The van der Waals surface area contributed by atoms with E-state index in [1.165, 1.54) is 31.2 Å². The largest absolute Gasteiger partial charge is 0.484 e. The summed E-state index contributed by atoms with van der Waals surface area (Å²) in [6, 6.07) is 2.10. The SMILES string of the molecule is CCCCCCOc1cc(C)cs1. The van der Waals surface area contributed by atoms with Crippen molar-refractivity contribution in [2.24, 2.45) is 0 Å². The van der Waals surface area contributed by atoms with Gasteiger partial charge in [-0.15, -0.1) is 11.3 Å². The molecule has 0 radical (unpaired) electrons. The molecule has 0 aliphatic rings. The Morgan fingerprint density at radius 1 is 1.31 bits per heavy atom. The summed E-state index contributed by atoms with van der Waals surface area (Å²) in [4.78, 5) is 0. The molecular weight excluding hydrogens is 180 g/mol. The summed E-state index contributed by atoms with van der Waals surface area (Å²) in [6.45, 7) is 5.20. The van der Waals surface area contributed by atoms with Crippen molar-refractivity contribution in [2.45, 2.75) is 39.5 Å². The molecule has 0 aliphatic carbocycles. The molecule has 0 bridgehead atoms. The normalized spacial score (nSPS) is 10.3. The minimum atomic E-state index is 0.875. The zero-order chi connectivity index (χ0) is 9.52. The van der Waals surface area contributed by atoms with Crippen LogP contribution in [0.15, 0.2) is 11.4 Å². The molecule has 1 aromatic rings. The summed E-state index contributed by atoms with van der Waals surface area (Å²) in [7, 11) is 0. The molecule has 1 rings (SSSR count). The molecular formula is C11H18OS. The van der Waals surface area contributed by atoms with Crippen molar-refractivity contribution in [2.75, 3.05) is 6.61 Å². The van der Waals surface area contributed by atoms with Gasteiger partial charge in [0.2, 0.25) is 0 Å². The van der Waals surface area contributed by atoms with Crippen molar-refractivity contribution in [3.05, 3.63) is 17.0 Å². The molecule has 0 aliphatic heterocycles. The van der Waals surface area contributed by atoms with Crippen LogP contribution in [0.5, 0.6) is 5.06 Å².